The molecule has 0 saturated carbocycles. The molecule has 1 aromatic heterocycles. The van der Waals surface area contributed by atoms with Gasteiger partial charge in [0.2, 0.25) is 5.95 Å². The molecule has 0 amide bonds. The molecule has 20 heavy (non-hydrogen) atoms. The van der Waals surface area contributed by atoms with E-state index in [9.17, 15) is 0 Å². The first-order valence-electron chi connectivity index (χ1n) is 6.68. The summed E-state index contributed by atoms with van der Waals surface area (Å²) < 4.78 is 1.70. The van der Waals surface area contributed by atoms with E-state index in [0.717, 1.165) is 12.1 Å². The highest BCUT2D eigenvalue weighted by molar-refractivity contribution is 6.17. The molecule has 2 rings (SSSR count). The van der Waals surface area contributed by atoms with Gasteiger partial charge in [0.25, 0.3) is 0 Å². The number of para-hydroxylation sites is 1. The van der Waals surface area contributed by atoms with Gasteiger partial charge in [-0.25, -0.2) is 0 Å². The largest absolute Gasteiger partial charge is 0.349 e. The van der Waals surface area contributed by atoms with Crippen molar-refractivity contribution in [2.24, 2.45) is 5.41 Å². The number of anilines is 1. The van der Waals surface area contributed by atoms with Crippen LogP contribution in [0.1, 0.15) is 27.2 Å². The van der Waals surface area contributed by atoms with Crippen molar-refractivity contribution in [1.82, 2.24) is 20.2 Å². The Labute approximate surface area is 124 Å². The van der Waals surface area contributed by atoms with Gasteiger partial charge in [-0.15, -0.1) is 11.6 Å². The highest BCUT2D eigenvalue weighted by atomic mass is 35.5. The number of nitrogens with zero attached hydrogens (tertiary/aromatic N) is 4. The zero-order valence-corrected chi connectivity index (χ0v) is 12.8. The monoisotopic (exact) mass is 293 g/mol. The number of hydrogen-bond acceptors (Lipinski definition) is 4. The normalized spacial score (nSPS) is 13.2. The zero-order valence-electron chi connectivity index (χ0n) is 12.0. The average Bonchev–Trinajstić information content (AvgIpc) is 2.86. The van der Waals surface area contributed by atoms with Crippen molar-refractivity contribution in [1.29, 1.82) is 0 Å². The fraction of sp³-hybridized carbons (Fsp3) is 0.500. The number of rotatable bonds is 5. The molecule has 5 nitrogen and oxygen atoms in total. The average molecular weight is 294 g/mol. The van der Waals surface area contributed by atoms with Crippen molar-refractivity contribution >= 4 is 17.5 Å². The van der Waals surface area contributed by atoms with Gasteiger partial charge >= 0.3 is 0 Å². The van der Waals surface area contributed by atoms with E-state index >= 15 is 0 Å². The Bertz CT molecular complexity index is 532. The van der Waals surface area contributed by atoms with Gasteiger partial charge in [0.1, 0.15) is 0 Å². The topological polar surface area (TPSA) is 55.6 Å². The Balaban J connectivity index is 2.24. The van der Waals surface area contributed by atoms with Crippen molar-refractivity contribution in [2.75, 3.05) is 11.2 Å². The van der Waals surface area contributed by atoms with Crippen LogP contribution in [-0.2, 0) is 0 Å². The third kappa shape index (κ3) is 3.48. The van der Waals surface area contributed by atoms with Crippen LogP contribution in [0.25, 0.3) is 5.69 Å². The lowest BCUT2D eigenvalue weighted by molar-refractivity contribution is 0.333. The predicted molar refractivity (Wildman–Crippen MR) is 81.4 cm³/mol. The molecule has 0 bridgehead atoms. The molecule has 1 N–H and O–H groups in total. The first-order chi connectivity index (χ1) is 9.52. The van der Waals surface area contributed by atoms with Gasteiger partial charge in [0.15, 0.2) is 0 Å². The van der Waals surface area contributed by atoms with E-state index in [1.165, 1.54) is 0 Å². The molecule has 1 aromatic carbocycles. The summed E-state index contributed by atoms with van der Waals surface area (Å²) in [7, 11) is 0. The van der Waals surface area contributed by atoms with Gasteiger partial charge < -0.3 is 5.32 Å². The number of tetrazole rings is 1. The summed E-state index contributed by atoms with van der Waals surface area (Å²) in [6.07, 6.45) is 0.854. The minimum Gasteiger partial charge on any atom is -0.349 e. The number of nitrogens with one attached hydrogen (secondary N) is 1. The number of halogens is 1. The van der Waals surface area contributed by atoms with E-state index in [1.54, 1.807) is 4.68 Å². The third-order valence-electron chi connectivity index (χ3n) is 3.22. The Morgan fingerprint density at radius 3 is 2.55 bits per heavy atom. The van der Waals surface area contributed by atoms with Crippen molar-refractivity contribution < 1.29 is 0 Å². The fourth-order valence-electron chi connectivity index (χ4n) is 2.01. The lowest BCUT2D eigenvalue weighted by Crippen LogP contribution is -2.35. The van der Waals surface area contributed by atoms with Crippen molar-refractivity contribution in [2.45, 2.75) is 33.2 Å². The third-order valence-corrected chi connectivity index (χ3v) is 3.43. The SMILES string of the molecule is CC(C)(C)C(CCCl)Nc1nnnn1-c1ccccc1. The molecule has 2 aromatic rings. The molecule has 0 saturated heterocycles. The highest BCUT2D eigenvalue weighted by Gasteiger charge is 2.25. The number of hydrogen-bond donors (Lipinski definition) is 1. The van der Waals surface area contributed by atoms with E-state index in [-0.39, 0.29) is 11.5 Å². The van der Waals surface area contributed by atoms with Gasteiger partial charge in [0, 0.05) is 11.9 Å². The van der Waals surface area contributed by atoms with Crippen LogP contribution in [0.5, 0.6) is 0 Å². The number of benzene rings is 1. The van der Waals surface area contributed by atoms with Gasteiger partial charge in [-0.2, -0.15) is 4.68 Å². The van der Waals surface area contributed by atoms with Gasteiger partial charge in [-0.1, -0.05) is 44.1 Å². The van der Waals surface area contributed by atoms with Gasteiger partial charge in [-0.05, 0) is 34.4 Å². The maximum atomic E-state index is 5.90. The van der Waals surface area contributed by atoms with Crippen molar-refractivity contribution in [3.63, 3.8) is 0 Å². The van der Waals surface area contributed by atoms with E-state index in [0.29, 0.717) is 11.8 Å². The van der Waals surface area contributed by atoms with Crippen LogP contribution in [0.15, 0.2) is 30.3 Å². The van der Waals surface area contributed by atoms with Crippen molar-refractivity contribution in [3.05, 3.63) is 30.3 Å². The Hall–Kier alpha value is -1.62. The summed E-state index contributed by atoms with van der Waals surface area (Å²) in [6.45, 7) is 6.52. The lowest BCUT2D eigenvalue weighted by Gasteiger charge is -2.31. The van der Waals surface area contributed by atoms with Gasteiger partial charge in [-0.3, -0.25) is 0 Å². The summed E-state index contributed by atoms with van der Waals surface area (Å²) >= 11 is 5.90. The second-order valence-electron chi connectivity index (χ2n) is 5.79. The molecule has 108 valence electrons. The summed E-state index contributed by atoms with van der Waals surface area (Å²) in [5, 5.41) is 15.3. The summed E-state index contributed by atoms with van der Waals surface area (Å²) in [5.74, 6) is 1.24. The molecule has 1 heterocycles. The lowest BCUT2D eigenvalue weighted by atomic mass is 9.85. The summed E-state index contributed by atoms with van der Waals surface area (Å²) in [6, 6.07) is 10.0. The molecule has 0 aliphatic rings. The number of aromatic nitrogens is 4. The summed E-state index contributed by atoms with van der Waals surface area (Å²) in [4.78, 5) is 0. The van der Waals surface area contributed by atoms with E-state index in [1.807, 2.05) is 30.3 Å². The first kappa shape index (κ1) is 14.8. The van der Waals surface area contributed by atoms with Crippen LogP contribution in [0, 0.1) is 5.41 Å². The van der Waals surface area contributed by atoms with Crippen LogP contribution in [0.4, 0.5) is 5.95 Å². The maximum Gasteiger partial charge on any atom is 0.247 e. The highest BCUT2D eigenvalue weighted by Crippen LogP contribution is 2.25. The summed E-state index contributed by atoms with van der Waals surface area (Å²) in [5.41, 5.74) is 1.00. The first-order valence-corrected chi connectivity index (χ1v) is 7.22. The Kier molecular flexibility index (Phi) is 4.60. The molecule has 0 spiro atoms. The molecule has 6 heteroatoms. The molecule has 0 fully saturated rings. The second-order valence-corrected chi connectivity index (χ2v) is 6.17. The van der Waals surface area contributed by atoms with Crippen LogP contribution < -0.4 is 5.32 Å². The minimum atomic E-state index is 0.0718. The minimum absolute atomic E-state index is 0.0718. The van der Waals surface area contributed by atoms with Crippen LogP contribution in [0.2, 0.25) is 0 Å². The number of alkyl halides is 1. The van der Waals surface area contributed by atoms with Crippen LogP contribution in [0.3, 0.4) is 0 Å². The smallest absolute Gasteiger partial charge is 0.247 e. The van der Waals surface area contributed by atoms with Crippen molar-refractivity contribution in [3.8, 4) is 5.69 Å². The van der Waals surface area contributed by atoms with Gasteiger partial charge in [0.05, 0.1) is 5.69 Å². The zero-order chi connectivity index (χ0) is 14.6. The second kappa shape index (κ2) is 6.22. The molecule has 1 unspecified atom stereocenters. The maximum absolute atomic E-state index is 5.90. The molecule has 1 atom stereocenters. The molecule has 0 aliphatic carbocycles. The van der Waals surface area contributed by atoms with E-state index in [2.05, 4.69) is 41.6 Å². The predicted octanol–water partition coefficient (Wildman–Crippen LogP) is 3.12. The molecular formula is C14H20ClN5. The van der Waals surface area contributed by atoms with Crippen LogP contribution in [-0.4, -0.2) is 32.1 Å². The standard InChI is InChI=1S/C14H20ClN5/c1-14(2,3)12(9-10-15)16-13-17-18-19-20(13)11-7-5-4-6-8-11/h4-8,12H,9-10H2,1-3H3,(H,16,17,19). The van der Waals surface area contributed by atoms with E-state index < -0.39 is 0 Å². The molecule has 0 radical (unpaired) electrons. The molecule has 0 aliphatic heterocycles. The molecular weight excluding hydrogens is 274 g/mol. The Morgan fingerprint density at radius 1 is 1.25 bits per heavy atom. The van der Waals surface area contributed by atoms with Crippen LogP contribution >= 0.6 is 11.6 Å². The fourth-order valence-corrected chi connectivity index (χ4v) is 2.23. The Morgan fingerprint density at radius 2 is 1.95 bits per heavy atom. The van der Waals surface area contributed by atoms with E-state index in [4.69, 9.17) is 11.6 Å². The quantitative estimate of drug-likeness (QED) is 0.861.